The van der Waals surface area contributed by atoms with E-state index in [9.17, 15) is 0 Å². The van der Waals surface area contributed by atoms with Crippen molar-refractivity contribution >= 4 is 5.82 Å². The first-order valence-corrected chi connectivity index (χ1v) is 6.45. The second-order valence-electron chi connectivity index (χ2n) is 4.65. The maximum Gasteiger partial charge on any atom is 0.262 e. The number of ether oxygens (including phenoxy) is 2. The molecule has 1 unspecified atom stereocenters. The van der Waals surface area contributed by atoms with Crippen LogP contribution in [-0.4, -0.2) is 48.2 Å². The summed E-state index contributed by atoms with van der Waals surface area (Å²) in [5, 5.41) is 0. The molecular formula is C12H21N5O2. The topological polar surface area (TPSA) is 85.5 Å². The summed E-state index contributed by atoms with van der Waals surface area (Å²) in [5.41, 5.74) is 2.47. The first kappa shape index (κ1) is 13.8. The number of likely N-dealkylation sites (N-methyl/N-ethyl adjacent to an activating group) is 1. The highest BCUT2D eigenvalue weighted by Gasteiger charge is 2.21. The highest BCUT2D eigenvalue weighted by atomic mass is 16.5. The van der Waals surface area contributed by atoms with E-state index in [2.05, 4.69) is 27.3 Å². The smallest absolute Gasteiger partial charge is 0.262 e. The van der Waals surface area contributed by atoms with Crippen molar-refractivity contribution in [2.75, 3.05) is 32.7 Å². The zero-order chi connectivity index (χ0) is 13.7. The number of rotatable bonds is 5. The average molecular weight is 267 g/mol. The van der Waals surface area contributed by atoms with Gasteiger partial charge in [-0.25, -0.2) is 10.8 Å². The monoisotopic (exact) mass is 267 g/mol. The molecule has 0 saturated carbocycles. The van der Waals surface area contributed by atoms with Gasteiger partial charge in [-0.15, -0.1) is 0 Å². The molecule has 7 heteroatoms. The second-order valence-corrected chi connectivity index (χ2v) is 4.65. The van der Waals surface area contributed by atoms with E-state index in [0.717, 1.165) is 13.0 Å². The molecule has 0 amide bonds. The molecule has 1 fully saturated rings. The summed E-state index contributed by atoms with van der Waals surface area (Å²) in [7, 11) is 3.66. The van der Waals surface area contributed by atoms with Crippen molar-refractivity contribution in [1.29, 1.82) is 0 Å². The summed E-state index contributed by atoms with van der Waals surface area (Å²) >= 11 is 0. The molecule has 1 saturated heterocycles. The van der Waals surface area contributed by atoms with Gasteiger partial charge in [-0.3, -0.25) is 0 Å². The van der Waals surface area contributed by atoms with Crippen molar-refractivity contribution in [3.8, 4) is 11.6 Å². The lowest BCUT2D eigenvalue weighted by Crippen LogP contribution is -2.40. The van der Waals surface area contributed by atoms with Crippen LogP contribution in [0.1, 0.15) is 19.3 Å². The van der Waals surface area contributed by atoms with Gasteiger partial charge >= 0.3 is 0 Å². The van der Waals surface area contributed by atoms with Crippen LogP contribution >= 0.6 is 0 Å². The Balaban J connectivity index is 2.02. The molecule has 0 spiro atoms. The van der Waals surface area contributed by atoms with Crippen LogP contribution in [0.5, 0.6) is 11.6 Å². The van der Waals surface area contributed by atoms with Crippen molar-refractivity contribution in [3.63, 3.8) is 0 Å². The maximum atomic E-state index is 5.77. The summed E-state index contributed by atoms with van der Waals surface area (Å²) in [6.45, 7) is 1.71. The number of nitrogens with zero attached hydrogens (tertiary/aromatic N) is 3. The predicted molar refractivity (Wildman–Crippen MR) is 72.2 cm³/mol. The number of nitrogens with two attached hydrogens (primary N) is 1. The van der Waals surface area contributed by atoms with Crippen molar-refractivity contribution in [2.24, 2.45) is 5.84 Å². The molecular weight excluding hydrogens is 246 g/mol. The molecule has 0 aliphatic carbocycles. The van der Waals surface area contributed by atoms with Gasteiger partial charge in [0.1, 0.15) is 12.9 Å². The Bertz CT molecular complexity index is 415. The lowest BCUT2D eigenvalue weighted by Gasteiger charge is -2.32. The van der Waals surface area contributed by atoms with Crippen molar-refractivity contribution in [3.05, 3.63) is 6.33 Å². The Hall–Kier alpha value is -1.60. The van der Waals surface area contributed by atoms with E-state index in [-0.39, 0.29) is 0 Å². The molecule has 2 heterocycles. The van der Waals surface area contributed by atoms with E-state index >= 15 is 0 Å². The van der Waals surface area contributed by atoms with Crippen LogP contribution in [0.25, 0.3) is 0 Å². The molecule has 7 nitrogen and oxygen atoms in total. The largest absolute Gasteiger partial charge is 0.489 e. The molecule has 1 aliphatic heterocycles. The highest BCUT2D eigenvalue weighted by Crippen LogP contribution is 2.30. The third kappa shape index (κ3) is 3.24. The summed E-state index contributed by atoms with van der Waals surface area (Å²) < 4.78 is 11.0. The summed E-state index contributed by atoms with van der Waals surface area (Å²) in [5.74, 6) is 6.65. The van der Waals surface area contributed by atoms with Crippen LogP contribution in [0.15, 0.2) is 6.33 Å². The summed E-state index contributed by atoms with van der Waals surface area (Å²) in [4.78, 5) is 10.4. The van der Waals surface area contributed by atoms with Crippen molar-refractivity contribution in [1.82, 2.24) is 14.9 Å². The van der Waals surface area contributed by atoms with Crippen LogP contribution in [0.4, 0.5) is 5.82 Å². The minimum atomic E-state index is 0.419. The molecule has 3 N–H and O–H groups in total. The Kier molecular flexibility index (Phi) is 4.75. The number of aromatic nitrogens is 2. The summed E-state index contributed by atoms with van der Waals surface area (Å²) in [6, 6.07) is 0.419. The van der Waals surface area contributed by atoms with Gasteiger partial charge in [0.05, 0.1) is 7.11 Å². The number of nitrogens with one attached hydrogen (secondary N) is 1. The zero-order valence-electron chi connectivity index (χ0n) is 11.4. The Morgan fingerprint density at radius 3 is 3.00 bits per heavy atom. The number of methoxy groups -OCH3 is 1. The number of nitrogen functional groups attached to an aromatic ring is 1. The molecule has 0 aromatic carbocycles. The van der Waals surface area contributed by atoms with Crippen molar-refractivity contribution in [2.45, 2.75) is 25.3 Å². The van der Waals surface area contributed by atoms with Gasteiger partial charge in [0.2, 0.25) is 5.75 Å². The van der Waals surface area contributed by atoms with Crippen LogP contribution < -0.4 is 20.7 Å². The third-order valence-electron chi connectivity index (χ3n) is 3.45. The number of likely N-dealkylation sites (tertiary alicyclic amines) is 1. The lowest BCUT2D eigenvalue weighted by molar-refractivity contribution is 0.120. The minimum absolute atomic E-state index is 0.419. The van der Waals surface area contributed by atoms with E-state index in [0.29, 0.717) is 30.1 Å². The molecule has 1 aliphatic rings. The number of hydrazine groups is 1. The van der Waals surface area contributed by atoms with E-state index in [1.165, 1.54) is 19.2 Å². The molecule has 106 valence electrons. The number of anilines is 1. The van der Waals surface area contributed by atoms with Gasteiger partial charge in [-0.1, -0.05) is 6.42 Å². The van der Waals surface area contributed by atoms with Gasteiger partial charge in [0.15, 0.2) is 5.82 Å². The van der Waals surface area contributed by atoms with Gasteiger partial charge in [-0.05, 0) is 26.4 Å². The fourth-order valence-corrected chi connectivity index (χ4v) is 2.28. The quantitative estimate of drug-likeness (QED) is 0.598. The minimum Gasteiger partial charge on any atom is -0.489 e. The molecule has 1 aromatic heterocycles. The fraction of sp³-hybridized carbons (Fsp3) is 0.667. The lowest BCUT2D eigenvalue weighted by atomic mass is 10.0. The van der Waals surface area contributed by atoms with E-state index in [1.54, 1.807) is 7.11 Å². The molecule has 0 radical (unpaired) electrons. The number of hydrogen-bond donors (Lipinski definition) is 2. The van der Waals surface area contributed by atoms with E-state index in [1.807, 2.05) is 0 Å². The Morgan fingerprint density at radius 1 is 1.47 bits per heavy atom. The van der Waals surface area contributed by atoms with Gasteiger partial charge in [0.25, 0.3) is 5.88 Å². The Morgan fingerprint density at radius 2 is 2.32 bits per heavy atom. The van der Waals surface area contributed by atoms with Gasteiger partial charge in [-0.2, -0.15) is 4.98 Å². The highest BCUT2D eigenvalue weighted by molar-refractivity contribution is 5.54. The van der Waals surface area contributed by atoms with E-state index < -0.39 is 0 Å². The molecule has 0 bridgehead atoms. The third-order valence-corrected chi connectivity index (χ3v) is 3.45. The van der Waals surface area contributed by atoms with Crippen LogP contribution in [0.2, 0.25) is 0 Å². The fourth-order valence-electron chi connectivity index (χ4n) is 2.28. The van der Waals surface area contributed by atoms with Crippen LogP contribution in [0.3, 0.4) is 0 Å². The zero-order valence-corrected chi connectivity index (χ0v) is 11.4. The van der Waals surface area contributed by atoms with Crippen molar-refractivity contribution < 1.29 is 9.47 Å². The van der Waals surface area contributed by atoms with Crippen LogP contribution in [-0.2, 0) is 0 Å². The Labute approximate surface area is 113 Å². The van der Waals surface area contributed by atoms with Gasteiger partial charge < -0.3 is 19.8 Å². The second kappa shape index (κ2) is 6.53. The van der Waals surface area contributed by atoms with Crippen LogP contribution in [0, 0.1) is 0 Å². The molecule has 19 heavy (non-hydrogen) atoms. The average Bonchev–Trinajstić information content (AvgIpc) is 2.45. The standard InChI is InChI=1S/C12H21N5O2/c1-17-6-4-3-5-9(17)7-19-12-10(18-2)11(16-13)14-8-15-12/h8-9H,3-7,13H2,1-2H3,(H,14,15,16). The first-order chi connectivity index (χ1) is 9.26. The molecule has 1 aromatic rings. The summed E-state index contributed by atoms with van der Waals surface area (Å²) in [6.07, 6.45) is 5.05. The number of hydrogen-bond acceptors (Lipinski definition) is 7. The number of piperidine rings is 1. The van der Waals surface area contributed by atoms with Gasteiger partial charge in [0, 0.05) is 6.04 Å². The predicted octanol–water partition coefficient (Wildman–Crippen LogP) is 0.634. The SMILES string of the molecule is COc1c(NN)ncnc1OCC1CCCCN1C. The first-order valence-electron chi connectivity index (χ1n) is 6.45. The molecule has 2 rings (SSSR count). The van der Waals surface area contributed by atoms with E-state index in [4.69, 9.17) is 15.3 Å². The molecule has 1 atom stereocenters. The normalized spacial score (nSPS) is 20.1. The maximum absolute atomic E-state index is 5.77.